The highest BCUT2D eigenvalue weighted by Crippen LogP contribution is 2.04. The molecule has 1 aromatic heterocycles. The SMILES string of the molecule is NCC(S)Cc1ccncc1. The van der Waals surface area contributed by atoms with E-state index in [1.807, 2.05) is 12.1 Å². The molecule has 0 fully saturated rings. The lowest BCUT2D eigenvalue weighted by atomic mass is 10.1. The van der Waals surface area contributed by atoms with Gasteiger partial charge in [0.2, 0.25) is 0 Å². The molecule has 1 heterocycles. The molecule has 60 valence electrons. The van der Waals surface area contributed by atoms with Gasteiger partial charge in [0.05, 0.1) is 0 Å². The fraction of sp³-hybridized carbons (Fsp3) is 0.375. The summed E-state index contributed by atoms with van der Waals surface area (Å²) in [6, 6.07) is 3.97. The van der Waals surface area contributed by atoms with E-state index in [9.17, 15) is 0 Å². The third-order valence-corrected chi connectivity index (χ3v) is 1.89. The lowest BCUT2D eigenvalue weighted by Crippen LogP contribution is -2.16. The zero-order chi connectivity index (χ0) is 8.10. The van der Waals surface area contributed by atoms with Crippen molar-refractivity contribution in [3.8, 4) is 0 Å². The lowest BCUT2D eigenvalue weighted by Gasteiger charge is -2.05. The number of hydrogen-bond acceptors (Lipinski definition) is 3. The molecule has 0 saturated heterocycles. The Balaban J connectivity index is 2.51. The van der Waals surface area contributed by atoms with Crippen molar-refractivity contribution in [3.63, 3.8) is 0 Å². The minimum atomic E-state index is 0.261. The normalized spacial score (nSPS) is 12.9. The van der Waals surface area contributed by atoms with Gasteiger partial charge in [-0.05, 0) is 24.1 Å². The molecule has 1 aromatic rings. The van der Waals surface area contributed by atoms with Gasteiger partial charge in [-0.2, -0.15) is 12.6 Å². The molecule has 0 amide bonds. The van der Waals surface area contributed by atoms with E-state index in [2.05, 4.69) is 17.6 Å². The number of nitrogens with zero attached hydrogens (tertiary/aromatic N) is 1. The van der Waals surface area contributed by atoms with E-state index in [4.69, 9.17) is 5.73 Å². The Kier molecular flexibility index (Phi) is 3.39. The maximum absolute atomic E-state index is 5.43. The molecular weight excluding hydrogens is 156 g/mol. The highest BCUT2D eigenvalue weighted by atomic mass is 32.1. The number of aromatic nitrogens is 1. The van der Waals surface area contributed by atoms with Crippen LogP contribution >= 0.6 is 12.6 Å². The van der Waals surface area contributed by atoms with Crippen LogP contribution in [0.15, 0.2) is 24.5 Å². The summed E-state index contributed by atoms with van der Waals surface area (Å²) in [5.74, 6) is 0. The Morgan fingerprint density at radius 2 is 2.09 bits per heavy atom. The summed E-state index contributed by atoms with van der Waals surface area (Å²) in [6.45, 7) is 0.617. The van der Waals surface area contributed by atoms with Crippen LogP contribution in [0.4, 0.5) is 0 Å². The van der Waals surface area contributed by atoms with E-state index in [1.165, 1.54) is 5.56 Å². The first-order valence-electron chi connectivity index (χ1n) is 3.60. The molecule has 1 rings (SSSR count). The molecule has 0 radical (unpaired) electrons. The minimum Gasteiger partial charge on any atom is -0.329 e. The summed E-state index contributed by atoms with van der Waals surface area (Å²) in [4.78, 5) is 3.92. The number of nitrogens with two attached hydrogens (primary N) is 1. The molecule has 0 bridgehead atoms. The van der Waals surface area contributed by atoms with E-state index in [-0.39, 0.29) is 5.25 Å². The van der Waals surface area contributed by atoms with Gasteiger partial charge in [0.1, 0.15) is 0 Å². The second-order valence-electron chi connectivity index (χ2n) is 2.45. The Hall–Kier alpha value is -0.540. The molecule has 3 heteroatoms. The van der Waals surface area contributed by atoms with Crippen molar-refractivity contribution < 1.29 is 0 Å². The maximum Gasteiger partial charge on any atom is 0.0270 e. The fourth-order valence-corrected chi connectivity index (χ4v) is 1.09. The van der Waals surface area contributed by atoms with Crippen molar-refractivity contribution in [3.05, 3.63) is 30.1 Å². The molecule has 2 N–H and O–H groups in total. The van der Waals surface area contributed by atoms with E-state index in [0.717, 1.165) is 6.42 Å². The van der Waals surface area contributed by atoms with Gasteiger partial charge in [-0.25, -0.2) is 0 Å². The number of thiol groups is 1. The third-order valence-electron chi connectivity index (χ3n) is 1.49. The van der Waals surface area contributed by atoms with Gasteiger partial charge in [0.15, 0.2) is 0 Å². The van der Waals surface area contributed by atoms with Gasteiger partial charge in [-0.3, -0.25) is 4.98 Å². The standard InChI is InChI=1S/C8H12N2S/c9-6-8(11)5-7-1-3-10-4-2-7/h1-4,8,11H,5-6,9H2. The van der Waals surface area contributed by atoms with E-state index >= 15 is 0 Å². The minimum absolute atomic E-state index is 0.261. The molecule has 0 aliphatic heterocycles. The zero-order valence-corrected chi connectivity index (χ0v) is 7.17. The van der Waals surface area contributed by atoms with Crippen LogP contribution in [0.5, 0.6) is 0 Å². The first-order chi connectivity index (χ1) is 5.33. The van der Waals surface area contributed by atoms with Crippen LogP contribution in [0.3, 0.4) is 0 Å². The summed E-state index contributed by atoms with van der Waals surface area (Å²) in [5, 5.41) is 0.261. The summed E-state index contributed by atoms with van der Waals surface area (Å²) in [7, 11) is 0. The van der Waals surface area contributed by atoms with Gasteiger partial charge in [0, 0.05) is 24.2 Å². The van der Waals surface area contributed by atoms with Gasteiger partial charge in [-0.15, -0.1) is 0 Å². The molecule has 0 spiro atoms. The molecule has 2 nitrogen and oxygen atoms in total. The van der Waals surface area contributed by atoms with E-state index in [0.29, 0.717) is 6.54 Å². The molecule has 1 unspecified atom stereocenters. The van der Waals surface area contributed by atoms with Crippen molar-refractivity contribution in [1.29, 1.82) is 0 Å². The van der Waals surface area contributed by atoms with Gasteiger partial charge < -0.3 is 5.73 Å². The Morgan fingerprint density at radius 3 is 2.64 bits per heavy atom. The molecule has 1 atom stereocenters. The topological polar surface area (TPSA) is 38.9 Å². The summed E-state index contributed by atoms with van der Waals surface area (Å²) >= 11 is 4.30. The summed E-state index contributed by atoms with van der Waals surface area (Å²) in [5.41, 5.74) is 6.67. The maximum atomic E-state index is 5.43. The quantitative estimate of drug-likeness (QED) is 0.658. The molecule has 0 aliphatic rings. The largest absolute Gasteiger partial charge is 0.329 e. The number of hydrogen-bond donors (Lipinski definition) is 2. The smallest absolute Gasteiger partial charge is 0.0270 e. The lowest BCUT2D eigenvalue weighted by molar-refractivity contribution is 0.857. The van der Waals surface area contributed by atoms with Crippen molar-refractivity contribution >= 4 is 12.6 Å². The van der Waals surface area contributed by atoms with Crippen molar-refractivity contribution in [2.75, 3.05) is 6.54 Å². The molecule has 0 saturated carbocycles. The Morgan fingerprint density at radius 1 is 1.45 bits per heavy atom. The zero-order valence-electron chi connectivity index (χ0n) is 6.27. The van der Waals surface area contributed by atoms with E-state index < -0.39 is 0 Å². The molecule has 11 heavy (non-hydrogen) atoms. The van der Waals surface area contributed by atoms with Crippen LogP contribution in [0.2, 0.25) is 0 Å². The Labute approximate surface area is 72.2 Å². The van der Waals surface area contributed by atoms with E-state index in [1.54, 1.807) is 12.4 Å². The fourth-order valence-electron chi connectivity index (χ4n) is 0.874. The third kappa shape index (κ3) is 2.91. The number of rotatable bonds is 3. The van der Waals surface area contributed by atoms with Crippen LogP contribution < -0.4 is 5.73 Å². The first kappa shape index (κ1) is 8.56. The average molecular weight is 168 g/mol. The monoisotopic (exact) mass is 168 g/mol. The van der Waals surface area contributed by atoms with Crippen LogP contribution in [-0.4, -0.2) is 16.8 Å². The summed E-state index contributed by atoms with van der Waals surface area (Å²) < 4.78 is 0. The molecule has 0 aliphatic carbocycles. The highest BCUT2D eigenvalue weighted by Gasteiger charge is 2.00. The Bertz CT molecular complexity index is 201. The second-order valence-corrected chi connectivity index (χ2v) is 3.18. The average Bonchev–Trinajstić information content (AvgIpc) is 2.06. The predicted molar refractivity (Wildman–Crippen MR) is 49.8 cm³/mol. The van der Waals surface area contributed by atoms with Crippen LogP contribution in [0, 0.1) is 0 Å². The van der Waals surface area contributed by atoms with Gasteiger partial charge in [0.25, 0.3) is 0 Å². The van der Waals surface area contributed by atoms with Gasteiger partial charge in [-0.1, -0.05) is 0 Å². The van der Waals surface area contributed by atoms with Crippen LogP contribution in [0.1, 0.15) is 5.56 Å². The van der Waals surface area contributed by atoms with Crippen molar-refractivity contribution in [1.82, 2.24) is 4.98 Å². The predicted octanol–water partition coefficient (Wildman–Crippen LogP) is 0.881. The highest BCUT2D eigenvalue weighted by molar-refractivity contribution is 7.81. The van der Waals surface area contributed by atoms with Crippen molar-refractivity contribution in [2.45, 2.75) is 11.7 Å². The summed E-state index contributed by atoms with van der Waals surface area (Å²) in [6.07, 6.45) is 4.49. The van der Waals surface area contributed by atoms with Gasteiger partial charge >= 0.3 is 0 Å². The van der Waals surface area contributed by atoms with Crippen molar-refractivity contribution in [2.24, 2.45) is 5.73 Å². The molecular formula is C8H12N2S. The van der Waals surface area contributed by atoms with Crippen LogP contribution in [0.25, 0.3) is 0 Å². The molecule has 0 aromatic carbocycles. The van der Waals surface area contributed by atoms with Crippen LogP contribution in [-0.2, 0) is 6.42 Å². The second kappa shape index (κ2) is 4.36. The first-order valence-corrected chi connectivity index (χ1v) is 4.11. The number of pyridine rings is 1.